The van der Waals surface area contributed by atoms with Crippen molar-refractivity contribution in [1.29, 1.82) is 0 Å². The summed E-state index contributed by atoms with van der Waals surface area (Å²) in [5.41, 5.74) is -5.14. The number of hydrogen-bond acceptors (Lipinski definition) is 3. The Morgan fingerprint density at radius 3 is 1.25 bits per heavy atom. The molecule has 3 rings (SSSR count). The second-order valence-corrected chi connectivity index (χ2v) is 13.2. The molecule has 0 saturated heterocycles. The van der Waals surface area contributed by atoms with E-state index in [0.717, 1.165) is 77.0 Å². The van der Waals surface area contributed by atoms with E-state index in [1.165, 1.54) is 0 Å². The Morgan fingerprint density at radius 1 is 0.708 bits per heavy atom. The van der Waals surface area contributed by atoms with E-state index in [1.54, 1.807) is 0 Å². The molecule has 3 nitrogen and oxygen atoms in total. The first-order valence-corrected chi connectivity index (χ1v) is 12.5. The summed E-state index contributed by atoms with van der Waals surface area (Å²) in [5, 5.41) is 0. The number of hydrogen-bond donors (Lipinski definition) is 0. The van der Waals surface area contributed by atoms with Crippen LogP contribution in [0.3, 0.4) is 0 Å². The van der Waals surface area contributed by atoms with Gasteiger partial charge in [-0.05, 0) is 77.0 Å². The molecule has 0 heterocycles. The van der Waals surface area contributed by atoms with Gasteiger partial charge < -0.3 is 0 Å². The van der Waals surface area contributed by atoms with E-state index < -0.39 is 23.1 Å². The fourth-order valence-corrected chi connectivity index (χ4v) is 13.7. The zero-order valence-electron chi connectivity index (χ0n) is 13.9. The van der Waals surface area contributed by atoms with Crippen LogP contribution in [-0.4, -0.2) is 30.9 Å². The van der Waals surface area contributed by atoms with Gasteiger partial charge >= 0.3 is 15.6 Å². The lowest BCUT2D eigenvalue weighted by Gasteiger charge is -2.39. The fourth-order valence-electron chi connectivity index (χ4n) is 5.21. The minimum atomic E-state index is -5.52. The zero-order valence-corrected chi connectivity index (χ0v) is 15.6. The monoisotopic (exact) mass is 387 g/mol. The Hall–Kier alpha value is 0.130. The highest BCUT2D eigenvalue weighted by Crippen LogP contribution is 2.80. The quantitative estimate of drug-likeness (QED) is 0.455. The molecule has 140 valence electrons. The van der Waals surface area contributed by atoms with Crippen LogP contribution >= 0.6 is 7.49 Å². The van der Waals surface area contributed by atoms with E-state index in [4.69, 9.17) is 3.97 Å². The number of alkyl halides is 3. The molecule has 0 bridgehead atoms. The molecular weight excluding hydrogens is 360 g/mol. The van der Waals surface area contributed by atoms with E-state index in [0.29, 0.717) is 0 Å². The molecule has 3 aliphatic rings. The summed E-state index contributed by atoms with van der Waals surface area (Å²) in [6, 6.07) is 0. The molecule has 0 aromatic heterocycles. The molecule has 3 saturated carbocycles. The van der Waals surface area contributed by atoms with E-state index in [9.17, 15) is 21.6 Å². The van der Waals surface area contributed by atoms with Crippen molar-refractivity contribution in [3.63, 3.8) is 0 Å². The summed E-state index contributed by atoms with van der Waals surface area (Å²) in [6.45, 7) is 0. The van der Waals surface area contributed by atoms with Crippen LogP contribution in [0.15, 0.2) is 0 Å². The van der Waals surface area contributed by atoms with Gasteiger partial charge in [-0.25, -0.2) is 0 Å². The van der Waals surface area contributed by atoms with E-state index in [1.807, 2.05) is 0 Å². The number of rotatable bonds is 5. The van der Waals surface area contributed by atoms with Gasteiger partial charge in [-0.2, -0.15) is 21.6 Å². The van der Waals surface area contributed by atoms with Gasteiger partial charge in [-0.3, -0.25) is 0 Å². The maximum absolute atomic E-state index is 13.1. The van der Waals surface area contributed by atoms with E-state index >= 15 is 0 Å². The maximum Gasteiger partial charge on any atom is 0.526 e. The predicted molar refractivity (Wildman–Crippen MR) is 89.7 cm³/mol. The Balaban J connectivity index is 2.02. The molecule has 0 atom stereocenters. The topological polar surface area (TPSA) is 43.4 Å². The standard InChI is InChI=1S/C16H27F3O3PS/c17-16(18,19)24(20,21)22-23(13-7-1-2-8-13,14-9-3-4-10-14)15-11-5-6-12-15/h13-15H,1-12H2/q+1. The largest absolute Gasteiger partial charge is 0.526 e. The van der Waals surface area contributed by atoms with Gasteiger partial charge in [0.25, 0.3) is 0 Å². The molecule has 24 heavy (non-hydrogen) atoms. The third kappa shape index (κ3) is 3.37. The maximum atomic E-state index is 13.1. The van der Waals surface area contributed by atoms with Crippen molar-refractivity contribution < 1.29 is 25.6 Å². The molecule has 0 amide bonds. The average Bonchev–Trinajstić information content (AvgIpc) is 3.26. The molecule has 0 unspecified atom stereocenters. The molecule has 0 spiro atoms. The van der Waals surface area contributed by atoms with Crippen LogP contribution in [-0.2, 0) is 14.1 Å². The van der Waals surface area contributed by atoms with Crippen LogP contribution in [0, 0.1) is 0 Å². The van der Waals surface area contributed by atoms with E-state index in [2.05, 4.69) is 0 Å². The van der Waals surface area contributed by atoms with Gasteiger partial charge in [0.15, 0.2) is 7.49 Å². The highest BCUT2D eigenvalue weighted by Gasteiger charge is 2.66. The third-order valence-corrected chi connectivity index (χ3v) is 13.6. The Morgan fingerprint density at radius 2 is 1.00 bits per heavy atom. The fraction of sp³-hybridized carbons (Fsp3) is 1.00. The summed E-state index contributed by atoms with van der Waals surface area (Å²) in [6.07, 6.45) is 11.0. The Kier molecular flexibility index (Phi) is 5.54. The minimum Gasteiger partial charge on any atom is -0.186 e. The number of halogens is 3. The van der Waals surface area contributed by atoms with Crippen LogP contribution in [0.5, 0.6) is 0 Å². The molecule has 3 fully saturated rings. The molecule has 8 heteroatoms. The van der Waals surface area contributed by atoms with Crippen LogP contribution < -0.4 is 0 Å². The van der Waals surface area contributed by atoms with Crippen molar-refractivity contribution in [3.05, 3.63) is 0 Å². The Bertz CT molecular complexity index is 490. The third-order valence-electron chi connectivity index (χ3n) is 6.20. The first-order valence-electron chi connectivity index (χ1n) is 9.18. The molecular formula is C16H27F3O3PS+. The molecule has 0 aliphatic heterocycles. The molecule has 0 radical (unpaired) electrons. The summed E-state index contributed by atoms with van der Waals surface area (Å²) >= 11 is 0. The summed E-state index contributed by atoms with van der Waals surface area (Å²) in [4.78, 5) is 0. The lowest BCUT2D eigenvalue weighted by atomic mass is 10.3. The van der Waals surface area contributed by atoms with Crippen molar-refractivity contribution in [2.24, 2.45) is 0 Å². The smallest absolute Gasteiger partial charge is 0.186 e. The first kappa shape index (κ1) is 18.9. The minimum absolute atomic E-state index is 0.0563. The molecule has 3 aliphatic carbocycles. The first-order chi connectivity index (χ1) is 11.3. The van der Waals surface area contributed by atoms with Crippen LogP contribution in [0.25, 0.3) is 0 Å². The summed E-state index contributed by atoms with van der Waals surface area (Å²) in [5.74, 6) is 0. The Labute approximate surface area is 143 Å². The van der Waals surface area contributed by atoms with Crippen LogP contribution in [0.1, 0.15) is 77.0 Å². The van der Waals surface area contributed by atoms with Gasteiger partial charge in [0.2, 0.25) is 0 Å². The van der Waals surface area contributed by atoms with Gasteiger partial charge in [-0.1, -0.05) is 0 Å². The zero-order chi connectivity index (χ0) is 17.4. The lowest BCUT2D eigenvalue weighted by molar-refractivity contribution is -0.0499. The summed E-state index contributed by atoms with van der Waals surface area (Å²) < 4.78 is 68.8. The molecule has 0 aromatic carbocycles. The highest BCUT2D eigenvalue weighted by molar-refractivity contribution is 7.95. The molecule has 0 aromatic rings. The average molecular weight is 387 g/mol. The normalized spacial score (nSPS) is 25.8. The van der Waals surface area contributed by atoms with Crippen molar-refractivity contribution >= 4 is 17.6 Å². The second kappa shape index (κ2) is 7.03. The van der Waals surface area contributed by atoms with Crippen LogP contribution in [0.2, 0.25) is 0 Å². The van der Waals surface area contributed by atoms with Crippen molar-refractivity contribution in [1.82, 2.24) is 0 Å². The SMILES string of the molecule is O=S(=O)(O[P+](C1CCCC1)(C1CCCC1)C1CCCC1)C(F)(F)F. The van der Waals surface area contributed by atoms with Crippen molar-refractivity contribution in [3.8, 4) is 0 Å². The van der Waals surface area contributed by atoms with Crippen molar-refractivity contribution in [2.75, 3.05) is 0 Å². The molecule has 0 N–H and O–H groups in total. The lowest BCUT2D eigenvalue weighted by Crippen LogP contribution is -2.36. The van der Waals surface area contributed by atoms with Crippen molar-refractivity contribution in [2.45, 2.75) is 99.5 Å². The van der Waals surface area contributed by atoms with E-state index in [-0.39, 0.29) is 17.0 Å². The van der Waals surface area contributed by atoms with Crippen LogP contribution in [0.4, 0.5) is 13.2 Å². The predicted octanol–water partition coefficient (Wildman–Crippen LogP) is 5.61. The summed E-state index contributed by atoms with van der Waals surface area (Å²) in [7, 11) is -8.18. The second-order valence-electron chi connectivity index (χ2n) is 7.55. The highest BCUT2D eigenvalue weighted by atomic mass is 32.2. The van der Waals surface area contributed by atoms with Gasteiger partial charge in [0, 0.05) is 0 Å². The van der Waals surface area contributed by atoms with Gasteiger partial charge in [-0.15, -0.1) is 3.97 Å². The van der Waals surface area contributed by atoms with Gasteiger partial charge in [0.05, 0.1) is 17.0 Å². The van der Waals surface area contributed by atoms with Gasteiger partial charge in [0.1, 0.15) is 0 Å².